The van der Waals surface area contributed by atoms with Gasteiger partial charge in [-0.1, -0.05) is 67.0 Å². The monoisotopic (exact) mass is 490 g/mol. The molecule has 5 rings (SSSR count). The van der Waals surface area contributed by atoms with Crippen LogP contribution in [0.2, 0.25) is 0 Å². The molecule has 4 fully saturated rings. The van der Waals surface area contributed by atoms with E-state index >= 15 is 0 Å². The van der Waals surface area contributed by atoms with E-state index < -0.39 is 28.5 Å². The Labute approximate surface area is 212 Å². The van der Waals surface area contributed by atoms with Crippen LogP contribution in [0, 0.1) is 50.2 Å². The molecule has 0 heterocycles. The summed E-state index contributed by atoms with van der Waals surface area (Å²) in [6, 6.07) is 0. The standard InChI is InChI=1S/C30H50O5/c1-23(2)13-14-25(5)15-16-26(6)18(19(25)17-23)9-10-21-27(26,7)12-11-20-24(3,4)30(34,35)29(32,33)22(31)28(20,21)8/h9,19-22,31-35H,10-17H2,1-8H3/t19-,20?,21+,22?,25-,26-,27-,28+/m1/s1. The maximum Gasteiger partial charge on any atom is 0.246 e. The first-order valence-corrected chi connectivity index (χ1v) is 14.0. The molecule has 0 amide bonds. The van der Waals surface area contributed by atoms with Gasteiger partial charge in [0.05, 0.1) is 0 Å². The number of allylic oxidation sites excluding steroid dienone is 2. The van der Waals surface area contributed by atoms with Gasteiger partial charge in [-0.15, -0.1) is 0 Å². The van der Waals surface area contributed by atoms with Gasteiger partial charge in [-0.25, -0.2) is 0 Å². The van der Waals surface area contributed by atoms with E-state index in [2.05, 4.69) is 40.7 Å². The Balaban J connectivity index is 1.64. The topological polar surface area (TPSA) is 101 Å². The van der Waals surface area contributed by atoms with Crippen molar-refractivity contribution in [3.8, 4) is 0 Å². The SMILES string of the molecule is CC1(C)CC[C@]2(C)CC[C@]3(C)C(=CC[C@@H]4[C@]5(C)C(CC[C@]43C)C(C)(C)C(O)(O)C(O)(O)C5O)[C@H]2C1. The van der Waals surface area contributed by atoms with Crippen LogP contribution >= 0.6 is 0 Å². The minimum Gasteiger partial charge on any atom is -0.387 e. The summed E-state index contributed by atoms with van der Waals surface area (Å²) >= 11 is 0. The minimum atomic E-state index is -3.01. The highest BCUT2D eigenvalue weighted by Gasteiger charge is 2.78. The molecule has 0 aromatic rings. The fourth-order valence-electron chi connectivity index (χ4n) is 10.7. The van der Waals surface area contributed by atoms with Crippen LogP contribution in [-0.2, 0) is 0 Å². The predicted octanol–water partition coefficient (Wildman–Crippen LogP) is 4.75. The van der Waals surface area contributed by atoms with E-state index in [9.17, 15) is 25.5 Å². The van der Waals surface area contributed by atoms with E-state index in [-0.39, 0.29) is 22.7 Å². The third-order valence-corrected chi connectivity index (χ3v) is 13.5. The van der Waals surface area contributed by atoms with Gasteiger partial charge >= 0.3 is 0 Å². The number of aliphatic hydroxyl groups excluding tert-OH is 1. The summed E-state index contributed by atoms with van der Waals surface area (Å²) in [6.45, 7) is 17.6. The van der Waals surface area contributed by atoms with Crippen LogP contribution in [0.15, 0.2) is 11.6 Å². The molecule has 0 aliphatic heterocycles. The molecule has 5 aliphatic carbocycles. The predicted molar refractivity (Wildman–Crippen MR) is 136 cm³/mol. The zero-order chi connectivity index (χ0) is 26.3. The lowest BCUT2D eigenvalue weighted by Crippen LogP contribution is -2.81. The van der Waals surface area contributed by atoms with Gasteiger partial charge in [0.25, 0.3) is 0 Å². The average molecular weight is 491 g/mol. The Kier molecular flexibility index (Phi) is 5.19. The minimum absolute atomic E-state index is 0.00695. The Hall–Kier alpha value is -0.460. The summed E-state index contributed by atoms with van der Waals surface area (Å²) in [5, 5.41) is 55.5. The normalized spacial score (nSPS) is 53.3. The van der Waals surface area contributed by atoms with Crippen LogP contribution in [0.25, 0.3) is 0 Å². The van der Waals surface area contributed by atoms with Gasteiger partial charge in [0.2, 0.25) is 11.6 Å². The van der Waals surface area contributed by atoms with E-state index in [0.717, 1.165) is 25.7 Å². The van der Waals surface area contributed by atoms with Gasteiger partial charge in [-0.2, -0.15) is 0 Å². The Bertz CT molecular complexity index is 948. The van der Waals surface area contributed by atoms with Crippen molar-refractivity contribution in [2.45, 2.75) is 124 Å². The fourth-order valence-corrected chi connectivity index (χ4v) is 10.7. The van der Waals surface area contributed by atoms with E-state index in [0.29, 0.717) is 16.7 Å². The Morgan fingerprint density at radius 2 is 1.37 bits per heavy atom. The van der Waals surface area contributed by atoms with Crippen molar-refractivity contribution in [2.24, 2.45) is 50.2 Å². The third-order valence-electron chi connectivity index (χ3n) is 13.5. The number of hydrogen-bond acceptors (Lipinski definition) is 5. The summed E-state index contributed by atoms with van der Waals surface area (Å²) in [5.41, 5.74) is 0.0859. The average Bonchev–Trinajstić information content (AvgIpc) is 2.74. The molecule has 5 heteroatoms. The largest absolute Gasteiger partial charge is 0.387 e. The molecule has 0 spiro atoms. The molecule has 5 N–H and O–H groups in total. The maximum absolute atomic E-state index is 11.5. The number of aliphatic hydroxyl groups is 5. The zero-order valence-electron chi connectivity index (χ0n) is 23.3. The van der Waals surface area contributed by atoms with Crippen LogP contribution < -0.4 is 0 Å². The third kappa shape index (κ3) is 2.83. The molecule has 35 heavy (non-hydrogen) atoms. The van der Waals surface area contributed by atoms with Crippen molar-refractivity contribution in [2.75, 3.05) is 0 Å². The van der Waals surface area contributed by atoms with E-state index in [1.165, 1.54) is 25.7 Å². The van der Waals surface area contributed by atoms with Crippen molar-refractivity contribution in [3.63, 3.8) is 0 Å². The lowest BCUT2D eigenvalue weighted by Gasteiger charge is -2.73. The van der Waals surface area contributed by atoms with E-state index in [4.69, 9.17) is 0 Å². The van der Waals surface area contributed by atoms with Gasteiger partial charge in [0.1, 0.15) is 6.10 Å². The highest BCUT2D eigenvalue weighted by molar-refractivity contribution is 5.34. The quantitative estimate of drug-likeness (QED) is 0.249. The Morgan fingerprint density at radius 3 is 2.00 bits per heavy atom. The van der Waals surface area contributed by atoms with Crippen molar-refractivity contribution in [1.82, 2.24) is 0 Å². The number of fused-ring (bicyclic) bond motifs is 7. The van der Waals surface area contributed by atoms with Gasteiger partial charge in [-0.05, 0) is 90.8 Å². The molecule has 0 saturated heterocycles. The molecule has 0 bridgehead atoms. The van der Waals surface area contributed by atoms with E-state index in [1.54, 1.807) is 19.4 Å². The van der Waals surface area contributed by atoms with Gasteiger partial charge in [-0.3, -0.25) is 0 Å². The van der Waals surface area contributed by atoms with E-state index in [1.807, 2.05) is 6.92 Å². The smallest absolute Gasteiger partial charge is 0.246 e. The highest BCUT2D eigenvalue weighted by atomic mass is 16.6. The molecule has 200 valence electrons. The number of hydrogen-bond donors (Lipinski definition) is 5. The molecule has 5 aliphatic rings. The summed E-state index contributed by atoms with van der Waals surface area (Å²) in [6.07, 6.45) is 9.36. The first kappa shape index (κ1) is 26.2. The molecule has 0 radical (unpaired) electrons. The molecule has 5 nitrogen and oxygen atoms in total. The lowest BCUT2D eigenvalue weighted by atomic mass is 9.32. The molecule has 4 saturated carbocycles. The second-order valence-corrected chi connectivity index (χ2v) is 15.8. The summed E-state index contributed by atoms with van der Waals surface area (Å²) in [7, 11) is 0. The summed E-state index contributed by atoms with van der Waals surface area (Å²) in [5.74, 6) is -5.50. The maximum atomic E-state index is 11.5. The molecule has 0 aromatic carbocycles. The van der Waals surface area contributed by atoms with Crippen LogP contribution in [0.5, 0.6) is 0 Å². The summed E-state index contributed by atoms with van der Waals surface area (Å²) < 4.78 is 0. The lowest BCUT2D eigenvalue weighted by molar-refractivity contribution is -0.471. The van der Waals surface area contributed by atoms with Crippen molar-refractivity contribution in [3.05, 3.63) is 11.6 Å². The van der Waals surface area contributed by atoms with Crippen LogP contribution in [-0.4, -0.2) is 43.2 Å². The molecular weight excluding hydrogens is 440 g/mol. The van der Waals surface area contributed by atoms with Crippen LogP contribution in [0.1, 0.15) is 107 Å². The van der Waals surface area contributed by atoms with Gasteiger partial charge < -0.3 is 25.5 Å². The van der Waals surface area contributed by atoms with Gasteiger partial charge in [0, 0.05) is 10.8 Å². The summed E-state index contributed by atoms with van der Waals surface area (Å²) in [4.78, 5) is 0. The molecule has 2 unspecified atom stereocenters. The van der Waals surface area contributed by atoms with Crippen molar-refractivity contribution < 1.29 is 25.5 Å². The van der Waals surface area contributed by atoms with Crippen LogP contribution in [0.3, 0.4) is 0 Å². The number of rotatable bonds is 0. The Morgan fingerprint density at radius 1 is 0.771 bits per heavy atom. The highest BCUT2D eigenvalue weighted by Crippen LogP contribution is 2.76. The van der Waals surface area contributed by atoms with Crippen molar-refractivity contribution >= 4 is 0 Å². The molecule has 8 atom stereocenters. The van der Waals surface area contributed by atoms with Gasteiger partial charge in [0.15, 0.2) is 0 Å². The molecular formula is C30H50O5. The molecule has 0 aromatic heterocycles. The second kappa shape index (κ2) is 6.94. The second-order valence-electron chi connectivity index (χ2n) is 15.8. The van der Waals surface area contributed by atoms with Crippen LogP contribution in [0.4, 0.5) is 0 Å². The first-order valence-electron chi connectivity index (χ1n) is 14.0. The zero-order valence-corrected chi connectivity index (χ0v) is 23.3. The fraction of sp³-hybridized carbons (Fsp3) is 0.933. The van der Waals surface area contributed by atoms with Crippen molar-refractivity contribution in [1.29, 1.82) is 0 Å². The first-order chi connectivity index (χ1) is 15.7.